The van der Waals surface area contributed by atoms with E-state index in [9.17, 15) is 4.79 Å². The van der Waals surface area contributed by atoms with Gasteiger partial charge in [0.05, 0.1) is 6.61 Å². The van der Waals surface area contributed by atoms with Crippen molar-refractivity contribution in [3.63, 3.8) is 0 Å². The van der Waals surface area contributed by atoms with Crippen molar-refractivity contribution >= 4 is 6.09 Å². The maximum atomic E-state index is 11.5. The molecule has 1 saturated heterocycles. The number of carbonyl (C=O) groups excluding carboxylic acids is 1. The minimum atomic E-state index is -0.181. The van der Waals surface area contributed by atoms with Gasteiger partial charge in [0.2, 0.25) is 0 Å². The number of piperidine rings is 1. The van der Waals surface area contributed by atoms with Gasteiger partial charge in [-0.3, -0.25) is 0 Å². The van der Waals surface area contributed by atoms with Crippen LogP contribution in [-0.4, -0.2) is 42.4 Å². The van der Waals surface area contributed by atoms with Crippen LogP contribution in [0.3, 0.4) is 0 Å². The fourth-order valence-corrected chi connectivity index (χ4v) is 1.87. The van der Waals surface area contributed by atoms with E-state index in [2.05, 4.69) is 0 Å². The maximum absolute atomic E-state index is 11.5. The molecule has 88 valence electrons. The Morgan fingerprint density at radius 2 is 2.13 bits per heavy atom. The van der Waals surface area contributed by atoms with E-state index < -0.39 is 0 Å². The van der Waals surface area contributed by atoms with E-state index in [-0.39, 0.29) is 12.7 Å². The van der Waals surface area contributed by atoms with E-state index >= 15 is 0 Å². The Bertz CT molecular complexity index is 188. The second kappa shape index (κ2) is 6.67. The quantitative estimate of drug-likeness (QED) is 0.775. The van der Waals surface area contributed by atoms with Crippen molar-refractivity contribution in [2.24, 2.45) is 5.92 Å². The molecule has 0 spiro atoms. The van der Waals surface area contributed by atoms with Gasteiger partial charge >= 0.3 is 6.09 Å². The molecule has 0 radical (unpaired) electrons. The van der Waals surface area contributed by atoms with Crippen molar-refractivity contribution in [3.8, 4) is 0 Å². The molecule has 4 nitrogen and oxygen atoms in total. The molecule has 1 N–H and O–H groups in total. The van der Waals surface area contributed by atoms with Crippen LogP contribution in [-0.2, 0) is 4.74 Å². The first-order chi connectivity index (χ1) is 7.27. The van der Waals surface area contributed by atoms with Gasteiger partial charge in [-0.15, -0.1) is 0 Å². The van der Waals surface area contributed by atoms with Crippen molar-refractivity contribution in [2.45, 2.75) is 32.6 Å². The lowest BCUT2D eigenvalue weighted by Crippen LogP contribution is -2.39. The number of aliphatic hydroxyl groups is 1. The molecule has 0 unspecified atom stereocenters. The first-order valence-electron chi connectivity index (χ1n) is 5.80. The Hall–Kier alpha value is -0.770. The molecule has 0 aromatic heterocycles. The number of hydrogen-bond donors (Lipinski definition) is 1. The van der Waals surface area contributed by atoms with Gasteiger partial charge in [0.15, 0.2) is 0 Å². The van der Waals surface area contributed by atoms with Gasteiger partial charge in [-0.1, -0.05) is 6.92 Å². The van der Waals surface area contributed by atoms with Gasteiger partial charge in [-0.25, -0.2) is 4.79 Å². The van der Waals surface area contributed by atoms with Crippen molar-refractivity contribution in [1.82, 2.24) is 4.90 Å². The highest BCUT2D eigenvalue weighted by atomic mass is 16.6. The lowest BCUT2D eigenvalue weighted by atomic mass is 9.94. The third-order valence-electron chi connectivity index (χ3n) is 2.84. The second-order valence-electron chi connectivity index (χ2n) is 4.06. The predicted molar refractivity (Wildman–Crippen MR) is 57.6 cm³/mol. The zero-order valence-corrected chi connectivity index (χ0v) is 9.45. The Balaban J connectivity index is 2.21. The van der Waals surface area contributed by atoms with Crippen LogP contribution in [0.4, 0.5) is 4.79 Å². The molecule has 0 aromatic rings. The van der Waals surface area contributed by atoms with Gasteiger partial charge in [0.1, 0.15) is 0 Å². The summed E-state index contributed by atoms with van der Waals surface area (Å²) in [7, 11) is 0. The van der Waals surface area contributed by atoms with Gasteiger partial charge in [-0.05, 0) is 31.6 Å². The Labute approximate surface area is 91.2 Å². The summed E-state index contributed by atoms with van der Waals surface area (Å²) >= 11 is 0. The smallest absolute Gasteiger partial charge is 0.409 e. The average Bonchev–Trinajstić information content (AvgIpc) is 2.27. The summed E-state index contributed by atoms with van der Waals surface area (Å²) < 4.78 is 5.06. The number of aliphatic hydroxyl groups excluding tert-OH is 1. The molecule has 1 rings (SSSR count). The van der Waals surface area contributed by atoms with E-state index in [0.29, 0.717) is 12.5 Å². The van der Waals surface area contributed by atoms with Crippen LogP contribution in [0.2, 0.25) is 0 Å². The molecule has 1 aliphatic rings. The molecule has 0 bridgehead atoms. The van der Waals surface area contributed by atoms with Crippen LogP contribution < -0.4 is 0 Å². The summed E-state index contributed by atoms with van der Waals surface area (Å²) in [4.78, 5) is 13.2. The van der Waals surface area contributed by atoms with Crippen molar-refractivity contribution in [3.05, 3.63) is 0 Å². The molecule has 15 heavy (non-hydrogen) atoms. The molecule has 4 heteroatoms. The lowest BCUT2D eigenvalue weighted by Gasteiger charge is -2.30. The monoisotopic (exact) mass is 215 g/mol. The molecule has 0 atom stereocenters. The number of likely N-dealkylation sites (tertiary alicyclic amines) is 1. The van der Waals surface area contributed by atoms with E-state index in [1.54, 1.807) is 4.90 Å². The van der Waals surface area contributed by atoms with Gasteiger partial charge in [0.25, 0.3) is 0 Å². The highest BCUT2D eigenvalue weighted by Gasteiger charge is 2.22. The zero-order chi connectivity index (χ0) is 11.1. The number of nitrogens with zero attached hydrogens (tertiary/aromatic N) is 1. The van der Waals surface area contributed by atoms with Crippen molar-refractivity contribution in [1.29, 1.82) is 0 Å². The van der Waals surface area contributed by atoms with Crippen molar-refractivity contribution in [2.75, 3.05) is 26.3 Å². The van der Waals surface area contributed by atoms with Crippen LogP contribution in [0.1, 0.15) is 32.6 Å². The van der Waals surface area contributed by atoms with Gasteiger partial charge < -0.3 is 14.7 Å². The second-order valence-corrected chi connectivity index (χ2v) is 4.06. The van der Waals surface area contributed by atoms with E-state index in [1.165, 1.54) is 0 Å². The number of amides is 1. The van der Waals surface area contributed by atoms with Gasteiger partial charge in [0, 0.05) is 19.7 Å². The average molecular weight is 215 g/mol. The minimum Gasteiger partial charge on any atom is -0.449 e. The fraction of sp³-hybridized carbons (Fsp3) is 0.909. The Kier molecular flexibility index (Phi) is 5.47. The summed E-state index contributed by atoms with van der Waals surface area (Å²) in [6.07, 6.45) is 3.52. The first kappa shape index (κ1) is 12.3. The highest BCUT2D eigenvalue weighted by Crippen LogP contribution is 2.20. The third kappa shape index (κ3) is 4.08. The summed E-state index contributed by atoms with van der Waals surface area (Å²) in [5, 5.41) is 8.80. The number of carbonyl (C=O) groups is 1. The molecular weight excluding hydrogens is 194 g/mol. The fourth-order valence-electron chi connectivity index (χ4n) is 1.87. The van der Waals surface area contributed by atoms with Gasteiger partial charge in [-0.2, -0.15) is 0 Å². The normalized spacial score (nSPS) is 17.9. The lowest BCUT2D eigenvalue weighted by molar-refractivity contribution is 0.0847. The van der Waals surface area contributed by atoms with E-state index in [1.807, 2.05) is 6.92 Å². The Morgan fingerprint density at radius 3 is 2.67 bits per heavy atom. The molecule has 0 aromatic carbocycles. The van der Waals surface area contributed by atoms with Crippen LogP contribution in [0.15, 0.2) is 0 Å². The molecule has 1 heterocycles. The predicted octanol–water partition coefficient (Wildman–Crippen LogP) is 1.63. The third-order valence-corrected chi connectivity index (χ3v) is 2.84. The molecule has 1 fully saturated rings. The number of hydrogen-bond acceptors (Lipinski definition) is 3. The molecule has 0 saturated carbocycles. The topological polar surface area (TPSA) is 49.8 Å². The summed E-state index contributed by atoms with van der Waals surface area (Å²) in [6.45, 7) is 4.29. The van der Waals surface area contributed by atoms with Crippen LogP contribution in [0.5, 0.6) is 0 Å². The maximum Gasteiger partial charge on any atom is 0.409 e. The highest BCUT2D eigenvalue weighted by molar-refractivity contribution is 5.67. The number of rotatable bonds is 4. The molecule has 0 aliphatic carbocycles. The van der Waals surface area contributed by atoms with E-state index in [0.717, 1.165) is 38.8 Å². The molecule has 1 aliphatic heterocycles. The first-order valence-corrected chi connectivity index (χ1v) is 5.80. The SMILES string of the molecule is CCCOC(=O)N1CCC(CCO)CC1. The summed E-state index contributed by atoms with van der Waals surface area (Å²) in [6, 6.07) is 0. The summed E-state index contributed by atoms with van der Waals surface area (Å²) in [5.41, 5.74) is 0. The summed E-state index contributed by atoms with van der Waals surface area (Å²) in [5.74, 6) is 0.574. The largest absolute Gasteiger partial charge is 0.449 e. The molecular formula is C11H21NO3. The van der Waals surface area contributed by atoms with Crippen LogP contribution >= 0.6 is 0 Å². The molecule has 1 amide bonds. The number of ether oxygens (including phenoxy) is 1. The van der Waals surface area contributed by atoms with E-state index in [4.69, 9.17) is 9.84 Å². The zero-order valence-electron chi connectivity index (χ0n) is 9.45. The van der Waals surface area contributed by atoms with Crippen molar-refractivity contribution < 1.29 is 14.6 Å². The Morgan fingerprint density at radius 1 is 1.47 bits per heavy atom. The van der Waals surface area contributed by atoms with Crippen LogP contribution in [0, 0.1) is 5.92 Å². The van der Waals surface area contributed by atoms with Crippen LogP contribution in [0.25, 0.3) is 0 Å². The minimum absolute atomic E-state index is 0.181. The standard InChI is InChI=1S/C11H21NO3/c1-2-9-15-11(14)12-6-3-10(4-7-12)5-8-13/h10,13H,2-9H2,1H3.